The van der Waals surface area contributed by atoms with Crippen molar-refractivity contribution in [2.75, 3.05) is 26.0 Å². The van der Waals surface area contributed by atoms with Crippen molar-refractivity contribution in [3.05, 3.63) is 29.8 Å². The zero-order valence-electron chi connectivity index (χ0n) is 21.9. The fourth-order valence-corrected chi connectivity index (χ4v) is 6.26. The van der Waals surface area contributed by atoms with E-state index in [1.54, 1.807) is 19.1 Å². The van der Waals surface area contributed by atoms with Gasteiger partial charge in [-0.05, 0) is 44.9 Å². The van der Waals surface area contributed by atoms with Gasteiger partial charge in [0.1, 0.15) is 47.8 Å². The molecule has 2 aliphatic rings. The van der Waals surface area contributed by atoms with Gasteiger partial charge < -0.3 is 35.2 Å². The van der Waals surface area contributed by atoms with Gasteiger partial charge in [-0.2, -0.15) is 0 Å². The average molecular weight is 575 g/mol. The third-order valence-electron chi connectivity index (χ3n) is 7.12. The van der Waals surface area contributed by atoms with Crippen molar-refractivity contribution in [1.82, 2.24) is 10.2 Å². The van der Waals surface area contributed by atoms with Gasteiger partial charge in [0.15, 0.2) is 0 Å². The van der Waals surface area contributed by atoms with E-state index in [0.717, 1.165) is 37.6 Å². The maximum Gasteiger partial charge on any atom is 0.341 e. The van der Waals surface area contributed by atoms with Crippen LogP contribution in [0.1, 0.15) is 43.5 Å². The monoisotopic (exact) mass is 574 g/mol. The van der Waals surface area contributed by atoms with E-state index in [1.165, 1.54) is 12.1 Å². The molecule has 12 heteroatoms. The number of carbonyl (C=O) groups is 2. The van der Waals surface area contributed by atoms with Crippen LogP contribution in [0, 0.1) is 5.92 Å². The number of carbonyl (C=O) groups excluding carboxylic acids is 2. The summed E-state index contributed by atoms with van der Waals surface area (Å²) < 4.78 is 11.2. The first-order valence-electron chi connectivity index (χ1n) is 13.0. The molecule has 1 amide bonds. The molecule has 0 aromatic heterocycles. The van der Waals surface area contributed by atoms with Crippen LogP contribution in [0.25, 0.3) is 0 Å². The number of nitrogens with one attached hydrogen (secondary N) is 1. The molecule has 2 heterocycles. The SMILES string of the molecule is CCC[C@@H]1C[C@@H](C(=O)N[C@@H]([C@H]2O[C@H](SCCOC(=O)c3ccccc3O)[C@H](O)[C@@H](O)[C@H]2O)[C@H](C)Cl)N(C)C1. The molecule has 0 bridgehead atoms. The average Bonchev–Trinajstić information content (AvgIpc) is 3.25. The molecule has 0 spiro atoms. The third kappa shape index (κ3) is 7.53. The molecule has 1 aromatic carbocycles. The Labute approximate surface area is 232 Å². The Morgan fingerprint density at radius 1 is 1.24 bits per heavy atom. The summed E-state index contributed by atoms with van der Waals surface area (Å²) in [6.07, 6.45) is -2.70. The van der Waals surface area contributed by atoms with Gasteiger partial charge >= 0.3 is 5.97 Å². The molecule has 2 saturated heterocycles. The third-order valence-corrected chi connectivity index (χ3v) is 8.51. The summed E-state index contributed by atoms with van der Waals surface area (Å²) in [5, 5.41) is 43.8. The number of phenolic OH excluding ortho intramolecular Hbond substituents is 1. The van der Waals surface area contributed by atoms with Gasteiger partial charge in [-0.3, -0.25) is 9.69 Å². The maximum atomic E-state index is 13.2. The number of hydrogen-bond acceptors (Lipinski definition) is 10. The minimum absolute atomic E-state index is 0.0358. The van der Waals surface area contributed by atoms with Crippen molar-refractivity contribution in [2.45, 2.75) is 80.4 Å². The molecule has 3 rings (SSSR count). The summed E-state index contributed by atoms with van der Waals surface area (Å²) in [7, 11) is 1.91. The van der Waals surface area contributed by atoms with E-state index in [0.29, 0.717) is 5.92 Å². The van der Waals surface area contributed by atoms with E-state index < -0.39 is 47.2 Å². The van der Waals surface area contributed by atoms with Crippen molar-refractivity contribution in [2.24, 2.45) is 5.92 Å². The lowest BCUT2D eigenvalue weighted by molar-refractivity contribution is -0.205. The highest BCUT2D eigenvalue weighted by Gasteiger charge is 2.48. The Balaban J connectivity index is 1.60. The van der Waals surface area contributed by atoms with E-state index in [-0.39, 0.29) is 35.6 Å². The second-order valence-electron chi connectivity index (χ2n) is 10.0. The van der Waals surface area contributed by atoms with Crippen LogP contribution in [0.15, 0.2) is 24.3 Å². The molecule has 0 unspecified atom stereocenters. The summed E-state index contributed by atoms with van der Waals surface area (Å²) in [5.41, 5.74) is -0.936. The van der Waals surface area contributed by atoms with Crippen LogP contribution < -0.4 is 5.32 Å². The number of aromatic hydroxyl groups is 1. The van der Waals surface area contributed by atoms with Crippen LogP contribution in [0.3, 0.4) is 0 Å². The molecule has 0 saturated carbocycles. The van der Waals surface area contributed by atoms with Gasteiger partial charge in [-0.15, -0.1) is 23.4 Å². The molecule has 214 valence electrons. The molecule has 38 heavy (non-hydrogen) atoms. The Hall–Kier alpha value is -1.60. The summed E-state index contributed by atoms with van der Waals surface area (Å²) in [6, 6.07) is 4.85. The zero-order chi connectivity index (χ0) is 28.0. The summed E-state index contributed by atoms with van der Waals surface area (Å²) in [4.78, 5) is 27.4. The zero-order valence-corrected chi connectivity index (χ0v) is 23.5. The molecule has 10 nitrogen and oxygen atoms in total. The molecule has 0 aliphatic carbocycles. The Morgan fingerprint density at radius 3 is 2.61 bits per heavy atom. The molecule has 1 aromatic rings. The number of halogens is 1. The highest BCUT2D eigenvalue weighted by atomic mass is 35.5. The van der Waals surface area contributed by atoms with Crippen molar-refractivity contribution in [3.63, 3.8) is 0 Å². The lowest BCUT2D eigenvalue weighted by Gasteiger charge is -2.44. The first kappa shape index (κ1) is 30.9. The van der Waals surface area contributed by atoms with Gasteiger partial charge in [-0.25, -0.2) is 4.79 Å². The van der Waals surface area contributed by atoms with Crippen LogP contribution in [0.4, 0.5) is 0 Å². The standard InChI is InChI=1S/C26H39ClN2O8S/c1-4-7-15-12-17(29(3)13-15)24(34)28-19(14(2)27)23-21(32)20(31)22(33)26(37-23)38-11-10-36-25(35)16-8-5-6-9-18(16)30/h5-6,8-9,14-15,17,19-23,26,30-33H,4,7,10-13H2,1-3H3,(H,28,34)/t14-,15+,17-,19+,20-,21+,22+,23+,26+/m0/s1. The second kappa shape index (κ2) is 14.2. The number of amides is 1. The largest absolute Gasteiger partial charge is 0.507 e. The fraction of sp³-hybridized carbons (Fsp3) is 0.692. The van der Waals surface area contributed by atoms with Gasteiger partial charge in [0.2, 0.25) is 5.91 Å². The smallest absolute Gasteiger partial charge is 0.341 e. The first-order valence-corrected chi connectivity index (χ1v) is 14.4. The predicted molar refractivity (Wildman–Crippen MR) is 144 cm³/mol. The molecule has 2 fully saturated rings. The van der Waals surface area contributed by atoms with Gasteiger partial charge in [-0.1, -0.05) is 25.5 Å². The quantitative estimate of drug-likeness (QED) is 0.149. The number of hydrogen-bond donors (Lipinski definition) is 5. The molecule has 9 atom stereocenters. The normalized spacial score (nSPS) is 31.5. The number of ether oxygens (including phenoxy) is 2. The lowest BCUT2D eigenvalue weighted by atomic mass is 9.92. The molecular weight excluding hydrogens is 536 g/mol. The number of phenols is 1. The van der Waals surface area contributed by atoms with Crippen LogP contribution in [0.5, 0.6) is 5.75 Å². The highest BCUT2D eigenvalue weighted by Crippen LogP contribution is 2.32. The van der Waals surface area contributed by atoms with Crippen LogP contribution in [-0.4, -0.2) is 110 Å². The number of nitrogens with zero attached hydrogens (tertiary/aromatic N) is 1. The maximum absolute atomic E-state index is 13.2. The number of para-hydroxylation sites is 1. The minimum atomic E-state index is -1.53. The summed E-state index contributed by atoms with van der Waals surface area (Å²) >= 11 is 7.51. The van der Waals surface area contributed by atoms with Crippen molar-refractivity contribution < 1.29 is 39.5 Å². The van der Waals surface area contributed by atoms with Gasteiger partial charge in [0.05, 0.1) is 17.5 Å². The number of aliphatic hydroxyl groups is 3. The number of aliphatic hydroxyl groups excluding tert-OH is 3. The van der Waals surface area contributed by atoms with Crippen molar-refractivity contribution >= 4 is 35.2 Å². The summed E-state index contributed by atoms with van der Waals surface area (Å²) in [5.74, 6) is -0.472. The number of thioether (sulfide) groups is 1. The van der Waals surface area contributed by atoms with Crippen molar-refractivity contribution in [3.8, 4) is 5.75 Å². The Kier molecular flexibility index (Phi) is 11.5. The van der Waals surface area contributed by atoms with E-state index in [2.05, 4.69) is 12.2 Å². The van der Waals surface area contributed by atoms with E-state index in [1.807, 2.05) is 11.9 Å². The second-order valence-corrected chi connectivity index (χ2v) is 11.9. The topological polar surface area (TPSA) is 149 Å². The predicted octanol–water partition coefficient (Wildman–Crippen LogP) is 1.32. The van der Waals surface area contributed by atoms with Gasteiger partial charge in [0, 0.05) is 12.3 Å². The molecule has 0 radical (unpaired) electrons. The highest BCUT2D eigenvalue weighted by molar-refractivity contribution is 7.99. The molecular formula is C26H39ClN2O8S. The number of alkyl halides is 1. The van der Waals surface area contributed by atoms with Crippen LogP contribution in [0.2, 0.25) is 0 Å². The molecule has 5 N–H and O–H groups in total. The number of rotatable bonds is 11. The van der Waals surface area contributed by atoms with Gasteiger partial charge in [0.25, 0.3) is 0 Å². The number of likely N-dealkylation sites (N-methyl/N-ethyl adjacent to an activating group) is 1. The summed E-state index contributed by atoms with van der Waals surface area (Å²) in [6.45, 7) is 4.56. The number of esters is 1. The number of likely N-dealkylation sites (tertiary alicyclic amines) is 1. The van der Waals surface area contributed by atoms with E-state index in [9.17, 15) is 30.0 Å². The first-order chi connectivity index (χ1) is 18.0. The Morgan fingerprint density at radius 2 is 1.95 bits per heavy atom. The number of benzene rings is 1. The van der Waals surface area contributed by atoms with E-state index >= 15 is 0 Å². The fourth-order valence-electron chi connectivity index (χ4n) is 5.08. The van der Waals surface area contributed by atoms with E-state index in [4.69, 9.17) is 21.1 Å². The molecule has 2 aliphatic heterocycles. The lowest BCUT2D eigenvalue weighted by Crippen LogP contribution is -2.65. The van der Waals surface area contributed by atoms with Crippen LogP contribution >= 0.6 is 23.4 Å². The van der Waals surface area contributed by atoms with Crippen molar-refractivity contribution in [1.29, 1.82) is 0 Å². The van der Waals surface area contributed by atoms with Crippen LogP contribution in [-0.2, 0) is 14.3 Å². The Bertz CT molecular complexity index is 940. The minimum Gasteiger partial charge on any atom is -0.507 e.